The van der Waals surface area contributed by atoms with Crippen molar-refractivity contribution in [2.24, 2.45) is 4.99 Å². The number of alkyl halides is 2. The van der Waals surface area contributed by atoms with Gasteiger partial charge in [-0.05, 0) is 39.2 Å². The second-order valence-electron chi connectivity index (χ2n) is 6.49. The highest BCUT2D eigenvalue weighted by Crippen LogP contribution is 2.25. The van der Waals surface area contributed by atoms with Gasteiger partial charge in [0.1, 0.15) is 0 Å². The van der Waals surface area contributed by atoms with E-state index in [1.807, 2.05) is 0 Å². The number of aromatic nitrogens is 1. The van der Waals surface area contributed by atoms with Crippen molar-refractivity contribution in [2.45, 2.75) is 45.3 Å². The lowest BCUT2D eigenvalue weighted by atomic mass is 9.81. The van der Waals surface area contributed by atoms with Crippen LogP contribution in [0, 0.1) is 0 Å². The molecule has 1 aromatic rings. The van der Waals surface area contributed by atoms with Crippen molar-refractivity contribution in [3.05, 3.63) is 17.8 Å². The number of halogens is 2. The first-order valence-electron chi connectivity index (χ1n) is 7.16. The number of nitrogens with zero attached hydrogens (tertiary/aromatic N) is 3. The second-order valence-corrected chi connectivity index (χ2v) is 6.49. The summed E-state index contributed by atoms with van der Waals surface area (Å²) in [6.45, 7) is 6.53. The van der Waals surface area contributed by atoms with Gasteiger partial charge >= 0.3 is 7.48 Å². The molecule has 5 nitrogen and oxygen atoms in total. The molecule has 1 heterocycles. The predicted octanol–water partition coefficient (Wildman–Crippen LogP) is 2.05. The third-order valence-corrected chi connectivity index (χ3v) is 3.56. The third-order valence-electron chi connectivity index (χ3n) is 3.56. The fraction of sp³-hybridized carbons (Fsp3) is 0.600. The monoisotopic (exact) mass is 326 g/mol. The molecular weight excluding hydrogens is 303 g/mol. The Balaban J connectivity index is 2.99. The minimum absolute atomic E-state index is 0.154. The normalized spacial score (nSPS) is 13.0. The Bertz CT molecular complexity index is 558. The molecule has 0 aromatic carbocycles. The number of rotatable bonds is 7. The second kappa shape index (κ2) is 7.36. The van der Waals surface area contributed by atoms with Gasteiger partial charge in [0.15, 0.2) is 5.82 Å². The van der Waals surface area contributed by atoms with E-state index in [1.54, 1.807) is 46.7 Å². The molecule has 0 atom stereocenters. The maximum atomic E-state index is 13.2. The Morgan fingerprint density at radius 2 is 1.96 bits per heavy atom. The van der Waals surface area contributed by atoms with E-state index in [0.29, 0.717) is 0 Å². The quantitative estimate of drug-likeness (QED) is 0.473. The summed E-state index contributed by atoms with van der Waals surface area (Å²) < 4.78 is 32.0. The van der Waals surface area contributed by atoms with Crippen LogP contribution >= 0.6 is 0 Å². The van der Waals surface area contributed by atoms with Crippen molar-refractivity contribution >= 4 is 25.1 Å². The minimum atomic E-state index is -2.69. The summed E-state index contributed by atoms with van der Waals surface area (Å²) in [5, 5.41) is 10.0. The van der Waals surface area contributed by atoms with Crippen molar-refractivity contribution in [1.29, 1.82) is 0 Å². The average molecular weight is 326 g/mol. The molecule has 0 saturated heterocycles. The summed E-state index contributed by atoms with van der Waals surface area (Å²) in [7, 11) is 4.74. The standard InChI is InChI=1S/C15H23BF2N3O2/c1-14(2,22)15(3,4)23-16-11-8-19-12(20-9-21(5)6)7-10(11)13(17)18/h7-9,13,22H,1-6H3. The van der Waals surface area contributed by atoms with Crippen LogP contribution in [-0.2, 0) is 4.65 Å². The fourth-order valence-corrected chi connectivity index (χ4v) is 1.36. The van der Waals surface area contributed by atoms with Crippen LogP contribution in [0.4, 0.5) is 14.6 Å². The van der Waals surface area contributed by atoms with Gasteiger partial charge in [0.05, 0.1) is 17.5 Å². The smallest absolute Gasteiger partial charge is 0.332 e. The van der Waals surface area contributed by atoms with E-state index >= 15 is 0 Å². The molecule has 23 heavy (non-hydrogen) atoms. The average Bonchev–Trinajstić information content (AvgIpc) is 2.41. The van der Waals surface area contributed by atoms with Gasteiger partial charge in [-0.2, -0.15) is 0 Å². The molecule has 0 spiro atoms. The Hall–Kier alpha value is -1.54. The molecule has 0 bridgehead atoms. The van der Waals surface area contributed by atoms with E-state index in [-0.39, 0.29) is 16.8 Å². The first-order valence-corrected chi connectivity index (χ1v) is 7.16. The first kappa shape index (κ1) is 19.5. The molecular formula is C15H23BF2N3O2. The number of aliphatic hydroxyl groups is 1. The fourth-order valence-electron chi connectivity index (χ4n) is 1.36. The van der Waals surface area contributed by atoms with Crippen LogP contribution in [0.3, 0.4) is 0 Å². The molecule has 0 fully saturated rings. The van der Waals surface area contributed by atoms with E-state index in [4.69, 9.17) is 4.65 Å². The van der Waals surface area contributed by atoms with E-state index in [0.717, 1.165) is 0 Å². The number of hydrogen-bond acceptors (Lipinski definition) is 4. The van der Waals surface area contributed by atoms with E-state index in [2.05, 4.69) is 9.98 Å². The molecule has 0 aliphatic carbocycles. The van der Waals surface area contributed by atoms with Gasteiger partial charge in [-0.1, -0.05) is 0 Å². The van der Waals surface area contributed by atoms with E-state index in [1.165, 1.54) is 26.1 Å². The van der Waals surface area contributed by atoms with Crippen LogP contribution in [0.2, 0.25) is 0 Å². The van der Waals surface area contributed by atoms with Crippen LogP contribution in [0.5, 0.6) is 0 Å². The van der Waals surface area contributed by atoms with E-state index in [9.17, 15) is 13.9 Å². The molecule has 0 aliphatic heterocycles. The van der Waals surface area contributed by atoms with Crippen LogP contribution in [0.1, 0.15) is 39.7 Å². The predicted molar refractivity (Wildman–Crippen MR) is 87.9 cm³/mol. The number of hydrogen-bond donors (Lipinski definition) is 1. The lowest BCUT2D eigenvalue weighted by molar-refractivity contribution is -0.0893. The molecule has 1 rings (SSSR count). The number of pyridine rings is 1. The Labute approximate surface area is 136 Å². The van der Waals surface area contributed by atoms with Gasteiger partial charge in [0, 0.05) is 25.9 Å². The van der Waals surface area contributed by atoms with Crippen LogP contribution < -0.4 is 5.46 Å². The molecule has 0 amide bonds. The zero-order chi connectivity index (χ0) is 17.8. The van der Waals surface area contributed by atoms with Gasteiger partial charge in [0.2, 0.25) is 0 Å². The van der Waals surface area contributed by atoms with Gasteiger partial charge in [-0.25, -0.2) is 18.8 Å². The summed E-state index contributed by atoms with van der Waals surface area (Å²) in [5.74, 6) is 0.188. The molecule has 8 heteroatoms. The maximum Gasteiger partial charge on any atom is 0.332 e. The first-order chi connectivity index (χ1) is 10.4. The van der Waals surface area contributed by atoms with Crippen molar-refractivity contribution in [2.75, 3.05) is 14.1 Å². The van der Waals surface area contributed by atoms with Crippen LogP contribution in [0.15, 0.2) is 17.3 Å². The molecule has 1 radical (unpaired) electrons. The van der Waals surface area contributed by atoms with Gasteiger partial charge < -0.3 is 14.7 Å². The summed E-state index contributed by atoms with van der Waals surface area (Å²) in [6, 6.07) is 1.22. The van der Waals surface area contributed by atoms with Crippen LogP contribution in [-0.4, -0.2) is 54.1 Å². The molecule has 0 aliphatic rings. The topological polar surface area (TPSA) is 58.0 Å². The zero-order valence-electron chi connectivity index (χ0n) is 14.3. The summed E-state index contributed by atoms with van der Waals surface area (Å²) >= 11 is 0. The molecule has 0 saturated carbocycles. The van der Waals surface area contributed by atoms with Crippen molar-refractivity contribution in [1.82, 2.24) is 9.88 Å². The van der Waals surface area contributed by atoms with Gasteiger partial charge in [-0.3, -0.25) is 0 Å². The minimum Gasteiger partial charge on any atom is -0.427 e. The summed E-state index contributed by atoms with van der Waals surface area (Å²) in [5.41, 5.74) is -2.16. The lowest BCUT2D eigenvalue weighted by Gasteiger charge is -2.37. The highest BCUT2D eigenvalue weighted by molar-refractivity contribution is 6.47. The highest BCUT2D eigenvalue weighted by Gasteiger charge is 2.36. The van der Waals surface area contributed by atoms with Gasteiger partial charge in [-0.15, -0.1) is 0 Å². The largest absolute Gasteiger partial charge is 0.427 e. The lowest BCUT2D eigenvalue weighted by Crippen LogP contribution is -2.49. The van der Waals surface area contributed by atoms with Crippen LogP contribution in [0.25, 0.3) is 0 Å². The van der Waals surface area contributed by atoms with Crippen molar-refractivity contribution < 1.29 is 18.5 Å². The highest BCUT2D eigenvalue weighted by atomic mass is 19.3. The number of aliphatic imine (C=N–C) groups is 1. The third kappa shape index (κ3) is 5.55. The van der Waals surface area contributed by atoms with Crippen molar-refractivity contribution in [3.63, 3.8) is 0 Å². The van der Waals surface area contributed by atoms with Gasteiger partial charge in [0.25, 0.3) is 6.43 Å². The molecule has 1 N–H and O–H groups in total. The zero-order valence-corrected chi connectivity index (χ0v) is 14.3. The van der Waals surface area contributed by atoms with E-state index < -0.39 is 17.6 Å². The maximum absolute atomic E-state index is 13.2. The van der Waals surface area contributed by atoms with Crippen molar-refractivity contribution in [3.8, 4) is 0 Å². The summed E-state index contributed by atoms with van der Waals surface area (Å²) in [6.07, 6.45) is 0.0745. The SMILES string of the molecule is CN(C)C=Nc1cc(C(F)F)c([B]OC(C)(C)C(C)(C)O)cn1. The summed E-state index contributed by atoms with van der Waals surface area (Å²) in [4.78, 5) is 9.70. The molecule has 127 valence electrons. The molecule has 0 unspecified atom stereocenters. The Kier molecular flexibility index (Phi) is 6.24. The Morgan fingerprint density at radius 1 is 1.35 bits per heavy atom. The molecule has 1 aromatic heterocycles. The Morgan fingerprint density at radius 3 is 2.43 bits per heavy atom.